The van der Waals surface area contributed by atoms with Gasteiger partial charge in [0.2, 0.25) is 0 Å². The normalized spacial score (nSPS) is 12.0. The summed E-state index contributed by atoms with van der Waals surface area (Å²) in [5.41, 5.74) is 5.65. The molecule has 0 saturated heterocycles. The average molecular weight is 227 g/mol. The fourth-order valence-corrected chi connectivity index (χ4v) is 1.25. The van der Waals surface area contributed by atoms with E-state index in [1.54, 1.807) is 6.07 Å². The number of esters is 1. The molecule has 2 N–H and O–H groups in total. The molecule has 1 rings (SSSR count). The number of rotatable bonds is 4. The molecule has 0 saturated carbocycles. The third-order valence-electron chi connectivity index (χ3n) is 2.12. The minimum absolute atomic E-state index is 0.00982. The second-order valence-electron chi connectivity index (χ2n) is 3.20. The molecule has 0 spiro atoms. The van der Waals surface area contributed by atoms with Crippen molar-refractivity contribution in [2.45, 2.75) is 19.6 Å². The molecule has 1 aromatic carbocycles. The van der Waals surface area contributed by atoms with Gasteiger partial charge in [0.25, 0.3) is 0 Å². The molecule has 1 unspecified atom stereocenters. The third kappa shape index (κ3) is 2.70. The van der Waals surface area contributed by atoms with Crippen molar-refractivity contribution in [3.05, 3.63) is 29.6 Å². The molecular formula is C11H14FNO3. The van der Waals surface area contributed by atoms with Gasteiger partial charge in [0, 0.05) is 12.1 Å². The van der Waals surface area contributed by atoms with E-state index in [0.717, 1.165) is 0 Å². The molecule has 16 heavy (non-hydrogen) atoms. The fraction of sp³-hybridized carbons (Fsp3) is 0.364. The van der Waals surface area contributed by atoms with E-state index >= 15 is 0 Å². The fourth-order valence-electron chi connectivity index (χ4n) is 1.25. The largest absolute Gasteiger partial charge is 0.479 e. The predicted octanol–water partition coefficient (Wildman–Crippen LogP) is 1.22. The van der Waals surface area contributed by atoms with Crippen molar-refractivity contribution >= 4 is 5.97 Å². The highest BCUT2D eigenvalue weighted by Gasteiger charge is 2.17. The van der Waals surface area contributed by atoms with Crippen molar-refractivity contribution < 1.29 is 18.7 Å². The van der Waals surface area contributed by atoms with Crippen LogP contribution >= 0.6 is 0 Å². The number of carbonyl (C=O) groups excluding carboxylic acids is 1. The van der Waals surface area contributed by atoms with Gasteiger partial charge in [-0.1, -0.05) is 6.07 Å². The first-order valence-electron chi connectivity index (χ1n) is 4.82. The van der Waals surface area contributed by atoms with Gasteiger partial charge in [-0.05, 0) is 19.1 Å². The zero-order valence-electron chi connectivity index (χ0n) is 9.20. The van der Waals surface area contributed by atoms with Gasteiger partial charge < -0.3 is 15.2 Å². The van der Waals surface area contributed by atoms with E-state index in [1.807, 2.05) is 0 Å². The van der Waals surface area contributed by atoms with Gasteiger partial charge in [-0.25, -0.2) is 9.18 Å². The Morgan fingerprint density at radius 1 is 1.56 bits per heavy atom. The number of hydrogen-bond acceptors (Lipinski definition) is 4. The minimum Gasteiger partial charge on any atom is -0.479 e. The highest BCUT2D eigenvalue weighted by atomic mass is 19.1. The Labute approximate surface area is 93.2 Å². The third-order valence-corrected chi connectivity index (χ3v) is 2.12. The number of benzene rings is 1. The Hall–Kier alpha value is -1.62. The average Bonchev–Trinajstić information content (AvgIpc) is 2.28. The van der Waals surface area contributed by atoms with Crippen LogP contribution in [0.1, 0.15) is 12.5 Å². The molecule has 0 aliphatic heterocycles. The molecule has 0 aliphatic carbocycles. The molecule has 0 radical (unpaired) electrons. The van der Waals surface area contributed by atoms with Crippen LogP contribution < -0.4 is 10.5 Å². The topological polar surface area (TPSA) is 61.5 Å². The van der Waals surface area contributed by atoms with Gasteiger partial charge in [0.15, 0.2) is 6.10 Å². The van der Waals surface area contributed by atoms with Crippen molar-refractivity contribution in [2.75, 3.05) is 7.11 Å². The standard InChI is InChI=1S/C11H14FNO3/c1-7(11(14)15-2)16-10-5-3-4-9(12)8(10)6-13/h3-5,7H,6,13H2,1-2H3. The Bertz CT molecular complexity index is 381. The van der Waals surface area contributed by atoms with E-state index in [4.69, 9.17) is 10.5 Å². The van der Waals surface area contributed by atoms with Gasteiger partial charge in [-0.15, -0.1) is 0 Å². The first kappa shape index (κ1) is 12.4. The van der Waals surface area contributed by atoms with Gasteiger partial charge >= 0.3 is 5.97 Å². The SMILES string of the molecule is COC(=O)C(C)Oc1cccc(F)c1CN. The first-order chi connectivity index (χ1) is 7.60. The Balaban J connectivity index is 2.88. The molecule has 0 bridgehead atoms. The molecule has 5 heteroatoms. The van der Waals surface area contributed by atoms with Crippen LogP contribution in [-0.4, -0.2) is 19.2 Å². The molecule has 0 aromatic heterocycles. The summed E-state index contributed by atoms with van der Waals surface area (Å²) in [6.45, 7) is 1.53. The van der Waals surface area contributed by atoms with Crippen molar-refractivity contribution in [3.63, 3.8) is 0 Å². The number of ether oxygens (including phenoxy) is 2. The van der Waals surface area contributed by atoms with Crippen LogP contribution in [0.15, 0.2) is 18.2 Å². The molecular weight excluding hydrogens is 213 g/mol. The second-order valence-corrected chi connectivity index (χ2v) is 3.20. The Morgan fingerprint density at radius 2 is 2.25 bits per heavy atom. The van der Waals surface area contributed by atoms with Gasteiger partial charge in [-0.3, -0.25) is 0 Å². The lowest BCUT2D eigenvalue weighted by atomic mass is 10.2. The van der Waals surface area contributed by atoms with Crippen LogP contribution in [0, 0.1) is 5.82 Å². The maximum atomic E-state index is 13.3. The highest BCUT2D eigenvalue weighted by molar-refractivity contribution is 5.74. The van der Waals surface area contributed by atoms with Crippen LogP contribution in [-0.2, 0) is 16.1 Å². The molecule has 0 heterocycles. The molecule has 0 amide bonds. The van der Waals surface area contributed by atoms with Crippen LogP contribution in [0.4, 0.5) is 4.39 Å². The zero-order chi connectivity index (χ0) is 12.1. The van der Waals surface area contributed by atoms with Crippen molar-refractivity contribution in [1.82, 2.24) is 0 Å². The highest BCUT2D eigenvalue weighted by Crippen LogP contribution is 2.22. The van der Waals surface area contributed by atoms with E-state index in [-0.39, 0.29) is 17.9 Å². The van der Waals surface area contributed by atoms with E-state index in [9.17, 15) is 9.18 Å². The van der Waals surface area contributed by atoms with Crippen LogP contribution in [0.2, 0.25) is 0 Å². The van der Waals surface area contributed by atoms with Gasteiger partial charge in [0.1, 0.15) is 11.6 Å². The van der Waals surface area contributed by atoms with E-state index in [0.29, 0.717) is 0 Å². The van der Waals surface area contributed by atoms with E-state index in [2.05, 4.69) is 4.74 Å². The summed E-state index contributed by atoms with van der Waals surface area (Å²) in [6, 6.07) is 4.34. The lowest BCUT2D eigenvalue weighted by Crippen LogP contribution is -2.25. The molecule has 0 fully saturated rings. The van der Waals surface area contributed by atoms with Gasteiger partial charge in [-0.2, -0.15) is 0 Å². The summed E-state index contributed by atoms with van der Waals surface area (Å²) < 4.78 is 23.1. The lowest BCUT2D eigenvalue weighted by Gasteiger charge is -2.15. The van der Waals surface area contributed by atoms with Crippen LogP contribution in [0.25, 0.3) is 0 Å². The number of hydrogen-bond donors (Lipinski definition) is 1. The zero-order valence-corrected chi connectivity index (χ0v) is 9.20. The molecule has 88 valence electrons. The van der Waals surface area contributed by atoms with Crippen molar-refractivity contribution in [3.8, 4) is 5.75 Å². The van der Waals surface area contributed by atoms with E-state index in [1.165, 1.54) is 26.2 Å². The first-order valence-corrected chi connectivity index (χ1v) is 4.82. The van der Waals surface area contributed by atoms with Crippen LogP contribution in [0.3, 0.4) is 0 Å². The van der Waals surface area contributed by atoms with Crippen molar-refractivity contribution in [2.24, 2.45) is 5.73 Å². The molecule has 1 atom stereocenters. The number of halogens is 1. The number of methoxy groups -OCH3 is 1. The monoisotopic (exact) mass is 227 g/mol. The minimum atomic E-state index is -0.794. The summed E-state index contributed by atoms with van der Waals surface area (Å²) in [7, 11) is 1.26. The van der Waals surface area contributed by atoms with E-state index < -0.39 is 17.9 Å². The predicted molar refractivity (Wildman–Crippen MR) is 56.4 cm³/mol. The Morgan fingerprint density at radius 3 is 2.81 bits per heavy atom. The van der Waals surface area contributed by atoms with Gasteiger partial charge in [0.05, 0.1) is 7.11 Å². The molecule has 0 aliphatic rings. The summed E-state index contributed by atoms with van der Waals surface area (Å²) in [5, 5.41) is 0. The van der Waals surface area contributed by atoms with Crippen molar-refractivity contribution in [1.29, 1.82) is 0 Å². The maximum Gasteiger partial charge on any atom is 0.346 e. The lowest BCUT2D eigenvalue weighted by molar-refractivity contribution is -0.147. The summed E-state index contributed by atoms with van der Waals surface area (Å²) in [6.07, 6.45) is -0.794. The number of carbonyl (C=O) groups is 1. The molecule has 1 aromatic rings. The number of nitrogens with two attached hydrogens (primary N) is 1. The Kier molecular flexibility index (Phi) is 4.25. The maximum absolute atomic E-state index is 13.3. The quantitative estimate of drug-likeness (QED) is 0.786. The summed E-state index contributed by atoms with van der Waals surface area (Å²) >= 11 is 0. The summed E-state index contributed by atoms with van der Waals surface area (Å²) in [4.78, 5) is 11.1. The smallest absolute Gasteiger partial charge is 0.346 e. The molecule has 4 nitrogen and oxygen atoms in total. The van der Waals surface area contributed by atoms with Crippen LogP contribution in [0.5, 0.6) is 5.75 Å². The second kappa shape index (κ2) is 5.46. The summed E-state index contributed by atoms with van der Waals surface area (Å²) in [5.74, 6) is -0.704.